The van der Waals surface area contributed by atoms with Gasteiger partial charge < -0.3 is 5.73 Å². The van der Waals surface area contributed by atoms with Gasteiger partial charge in [0.15, 0.2) is 0 Å². The van der Waals surface area contributed by atoms with Crippen LogP contribution < -0.4 is 5.73 Å². The quantitative estimate of drug-likeness (QED) is 0.515. The van der Waals surface area contributed by atoms with E-state index < -0.39 is 0 Å². The molecule has 0 unspecified atom stereocenters. The third-order valence-corrected chi connectivity index (χ3v) is 1.77. The Bertz CT molecular complexity index is 394. The van der Waals surface area contributed by atoms with Gasteiger partial charge in [0.1, 0.15) is 0 Å². The summed E-state index contributed by atoms with van der Waals surface area (Å²) in [6.45, 7) is 0. The second-order valence-electron chi connectivity index (χ2n) is 2.59. The number of rotatable bonds is 0. The van der Waals surface area contributed by atoms with Crippen LogP contribution in [0.4, 0.5) is 5.69 Å². The molecule has 0 saturated carbocycles. The monoisotopic (exact) mass is 203 g/mol. The van der Waals surface area contributed by atoms with E-state index in [1.807, 2.05) is 36.1 Å². The van der Waals surface area contributed by atoms with Gasteiger partial charge in [0, 0.05) is 35.2 Å². The van der Waals surface area contributed by atoms with Crippen LogP contribution in [0.5, 0.6) is 0 Å². The molecule has 3 nitrogen and oxygen atoms in total. The summed E-state index contributed by atoms with van der Waals surface area (Å²) in [7, 11) is 1.92. The topological polar surface area (TPSA) is 43.8 Å². The van der Waals surface area contributed by atoms with Crippen LogP contribution in [-0.4, -0.2) is 9.78 Å². The van der Waals surface area contributed by atoms with Crippen molar-refractivity contribution in [2.75, 3.05) is 5.73 Å². The Morgan fingerprint density at radius 2 is 2.17 bits per heavy atom. The van der Waals surface area contributed by atoms with Gasteiger partial charge in [-0.05, 0) is 18.2 Å². The molecule has 1 aromatic heterocycles. The smallest absolute Gasteiger partial charge is 0.0680 e. The molecule has 12 heavy (non-hydrogen) atoms. The molecule has 1 heterocycles. The van der Waals surface area contributed by atoms with E-state index in [1.165, 1.54) is 0 Å². The fourth-order valence-electron chi connectivity index (χ4n) is 1.18. The summed E-state index contributed by atoms with van der Waals surface area (Å²) in [6.07, 6.45) is 1.81. The van der Waals surface area contributed by atoms with E-state index >= 15 is 0 Å². The van der Waals surface area contributed by atoms with Crippen LogP contribution in [0.3, 0.4) is 0 Å². The summed E-state index contributed by atoms with van der Waals surface area (Å²) in [5, 5.41) is 5.19. The Balaban J connectivity index is 0.000000720. The Morgan fingerprint density at radius 3 is 2.92 bits per heavy atom. The number of hydrogen-bond donors (Lipinski definition) is 1. The third kappa shape index (κ3) is 1.31. The van der Waals surface area contributed by atoms with Crippen LogP contribution in [0.25, 0.3) is 10.9 Å². The van der Waals surface area contributed by atoms with Gasteiger partial charge in [-0.1, -0.05) is 0 Å². The predicted molar refractivity (Wildman–Crippen MR) is 45.1 cm³/mol. The van der Waals surface area contributed by atoms with Crippen LogP contribution in [0.2, 0.25) is 0 Å². The Labute approximate surface area is 81.0 Å². The molecule has 0 atom stereocenters. The molecule has 0 amide bonds. The zero-order chi connectivity index (χ0) is 7.84. The van der Waals surface area contributed by atoms with E-state index in [0.29, 0.717) is 0 Å². The fourth-order valence-corrected chi connectivity index (χ4v) is 1.18. The van der Waals surface area contributed by atoms with Gasteiger partial charge >= 0.3 is 0 Å². The van der Waals surface area contributed by atoms with Crippen LogP contribution >= 0.6 is 0 Å². The number of anilines is 1. The first-order chi connectivity index (χ1) is 5.27. The number of fused-ring (bicyclic) bond motifs is 1. The minimum atomic E-state index is 0. The average molecular weight is 203 g/mol. The zero-order valence-corrected chi connectivity index (χ0v) is 7.74. The first kappa shape index (κ1) is 9.10. The van der Waals surface area contributed by atoms with Gasteiger partial charge in [0.2, 0.25) is 0 Å². The third-order valence-electron chi connectivity index (χ3n) is 1.77. The largest absolute Gasteiger partial charge is 0.399 e. The number of aryl methyl sites for hydroxylation is 1. The van der Waals surface area contributed by atoms with E-state index in [4.69, 9.17) is 5.73 Å². The maximum Gasteiger partial charge on any atom is 0.0680 e. The molecule has 0 aliphatic carbocycles. The molecule has 0 spiro atoms. The molecule has 1 aromatic carbocycles. The predicted octanol–water partition coefficient (Wildman–Crippen LogP) is 1.15. The molecule has 0 radical (unpaired) electrons. The molecule has 2 aromatic rings. The van der Waals surface area contributed by atoms with E-state index in [-0.39, 0.29) is 17.1 Å². The maximum atomic E-state index is 5.60. The molecule has 64 valence electrons. The van der Waals surface area contributed by atoms with Crippen molar-refractivity contribution in [3.8, 4) is 0 Å². The summed E-state index contributed by atoms with van der Waals surface area (Å²) in [6, 6.07) is 5.77. The van der Waals surface area contributed by atoms with Crippen molar-refractivity contribution in [3.63, 3.8) is 0 Å². The summed E-state index contributed by atoms with van der Waals surface area (Å²) in [5.41, 5.74) is 7.49. The summed E-state index contributed by atoms with van der Waals surface area (Å²) < 4.78 is 1.83. The van der Waals surface area contributed by atoms with Gasteiger partial charge in [0.25, 0.3) is 0 Å². The van der Waals surface area contributed by atoms with Crippen molar-refractivity contribution in [1.82, 2.24) is 9.78 Å². The molecule has 2 rings (SSSR count). The van der Waals surface area contributed by atoms with Gasteiger partial charge in [0.05, 0.1) is 11.7 Å². The van der Waals surface area contributed by atoms with Crippen LogP contribution in [0.15, 0.2) is 24.4 Å². The Morgan fingerprint density at radius 1 is 1.42 bits per heavy atom. The first-order valence-corrected chi connectivity index (χ1v) is 3.44. The van der Waals surface area contributed by atoms with Crippen LogP contribution in [0.1, 0.15) is 0 Å². The number of hydrogen-bond acceptors (Lipinski definition) is 2. The zero-order valence-electron chi connectivity index (χ0n) is 6.63. The number of nitrogens with two attached hydrogens (primary N) is 1. The number of nitrogens with zero attached hydrogens (tertiary/aromatic N) is 2. The van der Waals surface area contributed by atoms with Gasteiger partial charge in [-0.15, -0.1) is 0 Å². The number of aromatic nitrogens is 2. The van der Waals surface area contributed by atoms with Crippen LogP contribution in [-0.2, 0) is 24.1 Å². The van der Waals surface area contributed by atoms with E-state index in [9.17, 15) is 0 Å². The van der Waals surface area contributed by atoms with Gasteiger partial charge in [-0.25, -0.2) is 0 Å². The molecule has 0 aliphatic heterocycles. The first-order valence-electron chi connectivity index (χ1n) is 3.44. The molecule has 0 fully saturated rings. The second kappa shape index (κ2) is 3.17. The average Bonchev–Trinajstić information content (AvgIpc) is 2.32. The number of benzene rings is 1. The maximum absolute atomic E-state index is 5.60. The summed E-state index contributed by atoms with van der Waals surface area (Å²) >= 11 is 0. The van der Waals surface area contributed by atoms with Gasteiger partial charge in [-0.3, -0.25) is 4.68 Å². The Kier molecular flexibility index (Phi) is 2.40. The van der Waals surface area contributed by atoms with E-state index in [0.717, 1.165) is 16.6 Å². The van der Waals surface area contributed by atoms with Crippen molar-refractivity contribution in [1.29, 1.82) is 0 Å². The van der Waals surface area contributed by atoms with E-state index in [1.54, 1.807) is 0 Å². The van der Waals surface area contributed by atoms with Gasteiger partial charge in [-0.2, -0.15) is 5.10 Å². The molecule has 2 N–H and O–H groups in total. The fraction of sp³-hybridized carbons (Fsp3) is 0.125. The molecule has 0 aliphatic rings. The number of nitrogen functional groups attached to an aromatic ring is 1. The minimum absolute atomic E-state index is 0. The molecular weight excluding hydrogens is 194 g/mol. The van der Waals surface area contributed by atoms with Crippen molar-refractivity contribution >= 4 is 16.6 Å². The van der Waals surface area contributed by atoms with Crippen molar-refractivity contribution < 1.29 is 17.1 Å². The summed E-state index contributed by atoms with van der Waals surface area (Å²) in [4.78, 5) is 0. The molecular formula is C8H9FeN3. The molecule has 0 bridgehead atoms. The van der Waals surface area contributed by atoms with E-state index in [2.05, 4.69) is 5.10 Å². The molecule has 0 saturated heterocycles. The standard InChI is InChI=1S/C8H9N3.Fe/c1-11-8-3-2-7(9)4-6(8)5-10-11;/h2-5H,9H2,1H3;. The Hall–Kier alpha value is -0.991. The normalized spacial score (nSPS) is 9.75. The second-order valence-corrected chi connectivity index (χ2v) is 2.59. The molecule has 4 heteroatoms. The van der Waals surface area contributed by atoms with Crippen LogP contribution in [0, 0.1) is 0 Å². The van der Waals surface area contributed by atoms with Crippen molar-refractivity contribution in [2.24, 2.45) is 7.05 Å². The minimum Gasteiger partial charge on any atom is -0.399 e. The van der Waals surface area contributed by atoms with Crippen molar-refractivity contribution in [3.05, 3.63) is 24.4 Å². The summed E-state index contributed by atoms with van der Waals surface area (Å²) in [5.74, 6) is 0. The SMILES string of the molecule is Cn1ncc2cc(N)ccc21.[Fe]. The van der Waals surface area contributed by atoms with Crippen molar-refractivity contribution in [2.45, 2.75) is 0 Å².